The van der Waals surface area contributed by atoms with Crippen molar-refractivity contribution in [2.24, 2.45) is 0 Å². The number of benzene rings is 1. The summed E-state index contributed by atoms with van der Waals surface area (Å²) >= 11 is 1.43. The lowest BCUT2D eigenvalue weighted by atomic mass is 10.2. The number of nitrogens with zero attached hydrogens (tertiary/aromatic N) is 1. The van der Waals surface area contributed by atoms with Crippen LogP contribution in [0.3, 0.4) is 0 Å². The van der Waals surface area contributed by atoms with Gasteiger partial charge < -0.3 is 10.1 Å². The van der Waals surface area contributed by atoms with Crippen LogP contribution in [0.5, 0.6) is 5.75 Å². The van der Waals surface area contributed by atoms with Crippen LogP contribution < -0.4 is 10.1 Å². The van der Waals surface area contributed by atoms with Gasteiger partial charge in [0, 0.05) is 12.7 Å². The van der Waals surface area contributed by atoms with Crippen molar-refractivity contribution < 1.29 is 9.53 Å². The number of amides is 1. The predicted octanol–water partition coefficient (Wildman–Crippen LogP) is 2.50. The highest BCUT2D eigenvalue weighted by molar-refractivity contribution is 7.99. The summed E-state index contributed by atoms with van der Waals surface area (Å²) < 4.78 is 5.08. The molecular weight excluding hydrogens is 272 g/mol. The second-order valence-electron chi connectivity index (χ2n) is 4.08. The number of thioether (sulfide) groups is 1. The normalized spacial score (nSPS) is 10.1. The standard InChI is InChI=1S/C15H16N2O2S/c1-19-13-7-5-12(6-8-13)10-17-14(18)11-20-15-4-2-3-9-16-15/h2-9H,10-11H2,1H3,(H,17,18). The van der Waals surface area contributed by atoms with Crippen LogP contribution in [0.1, 0.15) is 5.56 Å². The zero-order valence-corrected chi connectivity index (χ0v) is 12.0. The first-order chi connectivity index (χ1) is 9.78. The number of hydrogen-bond acceptors (Lipinski definition) is 4. The van der Waals surface area contributed by atoms with Gasteiger partial charge in [0.25, 0.3) is 0 Å². The van der Waals surface area contributed by atoms with Crippen molar-refractivity contribution in [1.82, 2.24) is 10.3 Å². The average Bonchev–Trinajstić information content (AvgIpc) is 2.52. The van der Waals surface area contributed by atoms with Crippen LogP contribution in [0, 0.1) is 0 Å². The summed E-state index contributed by atoms with van der Waals surface area (Å²) in [7, 11) is 1.63. The molecule has 1 aromatic heterocycles. The molecule has 104 valence electrons. The largest absolute Gasteiger partial charge is 0.497 e. The van der Waals surface area contributed by atoms with Gasteiger partial charge in [0.05, 0.1) is 17.9 Å². The van der Waals surface area contributed by atoms with Crippen LogP contribution in [0.15, 0.2) is 53.7 Å². The quantitative estimate of drug-likeness (QED) is 0.830. The van der Waals surface area contributed by atoms with E-state index < -0.39 is 0 Å². The van der Waals surface area contributed by atoms with Gasteiger partial charge in [0.1, 0.15) is 5.75 Å². The fourth-order valence-electron chi connectivity index (χ4n) is 1.57. The molecule has 0 aliphatic rings. The number of aromatic nitrogens is 1. The lowest BCUT2D eigenvalue weighted by Crippen LogP contribution is -2.24. The number of carbonyl (C=O) groups excluding carboxylic acids is 1. The third-order valence-corrected chi connectivity index (χ3v) is 3.58. The highest BCUT2D eigenvalue weighted by Gasteiger charge is 2.03. The Bertz CT molecular complexity index is 544. The first kappa shape index (κ1) is 14.4. The first-order valence-electron chi connectivity index (χ1n) is 6.21. The lowest BCUT2D eigenvalue weighted by molar-refractivity contribution is -0.118. The van der Waals surface area contributed by atoms with Crippen LogP contribution >= 0.6 is 11.8 Å². The van der Waals surface area contributed by atoms with E-state index in [1.165, 1.54) is 11.8 Å². The Kier molecular flexibility index (Phi) is 5.43. The average molecular weight is 288 g/mol. The minimum atomic E-state index is -0.00327. The van der Waals surface area contributed by atoms with Crippen molar-refractivity contribution in [2.45, 2.75) is 11.6 Å². The van der Waals surface area contributed by atoms with Crippen LogP contribution in [0.4, 0.5) is 0 Å². The number of rotatable bonds is 6. The van der Waals surface area contributed by atoms with Crippen LogP contribution in [0.2, 0.25) is 0 Å². The van der Waals surface area contributed by atoms with Gasteiger partial charge in [-0.1, -0.05) is 30.0 Å². The maximum absolute atomic E-state index is 11.7. The molecule has 4 nitrogen and oxygen atoms in total. The van der Waals surface area contributed by atoms with Crippen LogP contribution in [-0.4, -0.2) is 23.8 Å². The zero-order valence-electron chi connectivity index (χ0n) is 11.2. The summed E-state index contributed by atoms with van der Waals surface area (Å²) in [6, 6.07) is 13.3. The van der Waals surface area contributed by atoms with Gasteiger partial charge in [-0.3, -0.25) is 4.79 Å². The summed E-state index contributed by atoms with van der Waals surface area (Å²) in [6.45, 7) is 0.519. The number of methoxy groups -OCH3 is 1. The summed E-state index contributed by atoms with van der Waals surface area (Å²) in [5, 5.41) is 3.73. The molecule has 0 atom stereocenters. The minimum absolute atomic E-state index is 0.00327. The van der Waals surface area contributed by atoms with Crippen molar-refractivity contribution in [2.75, 3.05) is 12.9 Å². The molecule has 0 aliphatic heterocycles. The fraction of sp³-hybridized carbons (Fsp3) is 0.200. The number of pyridine rings is 1. The van der Waals surface area contributed by atoms with Crippen molar-refractivity contribution in [1.29, 1.82) is 0 Å². The Morgan fingerprint density at radius 1 is 1.25 bits per heavy atom. The van der Waals surface area contributed by atoms with E-state index in [0.717, 1.165) is 16.3 Å². The van der Waals surface area contributed by atoms with Crippen LogP contribution in [-0.2, 0) is 11.3 Å². The second-order valence-corrected chi connectivity index (χ2v) is 5.08. The molecule has 0 fully saturated rings. The molecule has 0 aliphatic carbocycles. The van der Waals surface area contributed by atoms with E-state index in [2.05, 4.69) is 10.3 Å². The van der Waals surface area contributed by atoms with E-state index in [-0.39, 0.29) is 5.91 Å². The van der Waals surface area contributed by atoms with E-state index >= 15 is 0 Å². The summed E-state index contributed by atoms with van der Waals surface area (Å²) in [5.74, 6) is 1.18. The molecule has 1 N–H and O–H groups in total. The Balaban J connectivity index is 1.74. The summed E-state index contributed by atoms with van der Waals surface area (Å²) in [4.78, 5) is 15.9. The van der Waals surface area contributed by atoms with Gasteiger partial charge in [0.15, 0.2) is 0 Å². The minimum Gasteiger partial charge on any atom is -0.497 e. The van der Waals surface area contributed by atoms with E-state index in [0.29, 0.717) is 12.3 Å². The zero-order chi connectivity index (χ0) is 14.2. The number of hydrogen-bond donors (Lipinski definition) is 1. The van der Waals surface area contributed by atoms with E-state index in [9.17, 15) is 4.79 Å². The van der Waals surface area contributed by atoms with E-state index in [4.69, 9.17) is 4.74 Å². The molecule has 5 heteroatoms. The highest BCUT2D eigenvalue weighted by Crippen LogP contribution is 2.14. The smallest absolute Gasteiger partial charge is 0.230 e. The third-order valence-electron chi connectivity index (χ3n) is 2.64. The van der Waals surface area contributed by atoms with Crippen molar-refractivity contribution in [3.8, 4) is 5.75 Å². The molecular formula is C15H16N2O2S. The molecule has 1 amide bonds. The molecule has 1 heterocycles. The van der Waals surface area contributed by atoms with Crippen molar-refractivity contribution in [3.05, 3.63) is 54.2 Å². The topological polar surface area (TPSA) is 51.2 Å². The van der Waals surface area contributed by atoms with Gasteiger partial charge in [-0.05, 0) is 29.8 Å². The fourth-order valence-corrected chi connectivity index (χ4v) is 2.26. The highest BCUT2D eigenvalue weighted by atomic mass is 32.2. The van der Waals surface area contributed by atoms with E-state index in [1.54, 1.807) is 13.3 Å². The van der Waals surface area contributed by atoms with Gasteiger partial charge in [-0.2, -0.15) is 0 Å². The maximum Gasteiger partial charge on any atom is 0.230 e. The molecule has 0 radical (unpaired) electrons. The first-order valence-corrected chi connectivity index (χ1v) is 7.20. The molecule has 1 aromatic carbocycles. The third kappa shape index (κ3) is 4.59. The molecule has 2 aromatic rings. The SMILES string of the molecule is COc1ccc(CNC(=O)CSc2ccccn2)cc1. The van der Waals surface area contributed by atoms with Gasteiger partial charge in [-0.25, -0.2) is 4.98 Å². The number of ether oxygens (including phenoxy) is 1. The monoisotopic (exact) mass is 288 g/mol. The summed E-state index contributed by atoms with van der Waals surface area (Å²) in [6.07, 6.45) is 1.72. The van der Waals surface area contributed by atoms with Crippen LogP contribution in [0.25, 0.3) is 0 Å². The molecule has 0 bridgehead atoms. The molecule has 20 heavy (non-hydrogen) atoms. The number of carbonyl (C=O) groups is 1. The molecule has 2 rings (SSSR count). The van der Waals surface area contributed by atoms with Gasteiger partial charge in [0.2, 0.25) is 5.91 Å². The Morgan fingerprint density at radius 2 is 2.05 bits per heavy atom. The molecule has 0 saturated carbocycles. The van der Waals surface area contributed by atoms with Gasteiger partial charge >= 0.3 is 0 Å². The molecule has 0 unspecified atom stereocenters. The Morgan fingerprint density at radius 3 is 2.70 bits per heavy atom. The molecule has 0 saturated heterocycles. The Hall–Kier alpha value is -2.01. The lowest BCUT2D eigenvalue weighted by Gasteiger charge is -2.06. The Labute approximate surface area is 122 Å². The summed E-state index contributed by atoms with van der Waals surface area (Å²) in [5.41, 5.74) is 1.04. The predicted molar refractivity (Wildman–Crippen MR) is 79.8 cm³/mol. The van der Waals surface area contributed by atoms with E-state index in [1.807, 2.05) is 42.5 Å². The van der Waals surface area contributed by atoms with Crippen molar-refractivity contribution >= 4 is 17.7 Å². The second kappa shape index (κ2) is 7.55. The molecule has 0 spiro atoms. The number of nitrogens with one attached hydrogen (secondary N) is 1. The van der Waals surface area contributed by atoms with Gasteiger partial charge in [-0.15, -0.1) is 0 Å². The maximum atomic E-state index is 11.7. The van der Waals surface area contributed by atoms with Crippen molar-refractivity contribution in [3.63, 3.8) is 0 Å².